The van der Waals surface area contributed by atoms with Crippen molar-refractivity contribution in [2.75, 3.05) is 25.1 Å². The van der Waals surface area contributed by atoms with E-state index in [0.717, 1.165) is 23.6 Å². The highest BCUT2D eigenvalue weighted by Crippen LogP contribution is 2.29. The zero-order chi connectivity index (χ0) is 17.2. The molecule has 1 aliphatic carbocycles. The summed E-state index contributed by atoms with van der Waals surface area (Å²) in [4.78, 5) is 4.44. The van der Waals surface area contributed by atoms with Crippen molar-refractivity contribution in [3.05, 3.63) is 29.8 Å². The highest BCUT2D eigenvalue weighted by molar-refractivity contribution is 5.94. The van der Waals surface area contributed by atoms with Gasteiger partial charge in [-0.15, -0.1) is 0 Å². The number of anilines is 1. The summed E-state index contributed by atoms with van der Waals surface area (Å²) in [6.07, 6.45) is 8.35. The quantitative estimate of drug-likeness (QED) is 0.427. The molecule has 0 spiro atoms. The molecule has 1 aromatic carbocycles. The third-order valence-electron chi connectivity index (χ3n) is 3.92. The summed E-state index contributed by atoms with van der Waals surface area (Å²) in [6, 6.07) is 5.67. The van der Waals surface area contributed by atoms with E-state index in [0.29, 0.717) is 25.7 Å². The monoisotopic (exact) mass is 331 g/mol. The van der Waals surface area contributed by atoms with Crippen molar-refractivity contribution in [1.82, 2.24) is 0 Å². The van der Waals surface area contributed by atoms with Crippen LogP contribution in [0, 0.1) is 0 Å². The smallest absolute Gasteiger partial charge is 0.193 e. The first-order valence-corrected chi connectivity index (χ1v) is 8.87. The van der Waals surface area contributed by atoms with Crippen LogP contribution in [-0.2, 0) is 0 Å². The van der Waals surface area contributed by atoms with Gasteiger partial charge in [0.05, 0.1) is 18.9 Å². The fourth-order valence-corrected chi connectivity index (χ4v) is 2.77. The zero-order valence-electron chi connectivity index (χ0n) is 14.8. The average molecular weight is 331 g/mol. The number of benzene rings is 1. The number of rotatable bonds is 8. The molecule has 0 aliphatic heterocycles. The van der Waals surface area contributed by atoms with Crippen LogP contribution in [0.4, 0.5) is 5.69 Å². The van der Waals surface area contributed by atoms with E-state index in [1.54, 1.807) is 0 Å². The minimum atomic E-state index is 0.404. The molecule has 0 amide bonds. The Kier molecular flexibility index (Phi) is 7.46. The van der Waals surface area contributed by atoms with Gasteiger partial charge >= 0.3 is 0 Å². The molecule has 0 aromatic heterocycles. The normalized spacial score (nSPS) is 14.9. The Bertz CT molecular complexity index is 582. The van der Waals surface area contributed by atoms with Crippen LogP contribution in [0.5, 0.6) is 11.5 Å². The molecular weight excluding hydrogens is 302 g/mol. The molecule has 0 saturated carbocycles. The number of guanidine groups is 1. The zero-order valence-corrected chi connectivity index (χ0v) is 14.8. The Morgan fingerprint density at radius 2 is 2.04 bits per heavy atom. The van der Waals surface area contributed by atoms with E-state index in [1.807, 2.05) is 32.0 Å². The predicted octanol–water partition coefficient (Wildman–Crippen LogP) is 4.10. The number of nitrogens with two attached hydrogens (primary N) is 1. The topological polar surface area (TPSA) is 68.9 Å². The van der Waals surface area contributed by atoms with Gasteiger partial charge in [0.25, 0.3) is 0 Å². The average Bonchev–Trinajstić information content (AvgIpc) is 2.58. The van der Waals surface area contributed by atoms with Crippen molar-refractivity contribution in [3.8, 4) is 11.5 Å². The summed E-state index contributed by atoms with van der Waals surface area (Å²) >= 11 is 0. The number of nitrogens with zero attached hydrogens (tertiary/aromatic N) is 1. The van der Waals surface area contributed by atoms with Gasteiger partial charge in [-0.2, -0.15) is 0 Å². The molecule has 5 nitrogen and oxygen atoms in total. The van der Waals surface area contributed by atoms with E-state index in [9.17, 15) is 0 Å². The third kappa shape index (κ3) is 5.80. The summed E-state index contributed by atoms with van der Waals surface area (Å²) < 4.78 is 11.2. The Labute approximate surface area is 144 Å². The molecule has 0 saturated heterocycles. The number of allylic oxidation sites excluding steroid dienone is 1. The van der Waals surface area contributed by atoms with Gasteiger partial charge in [-0.3, -0.25) is 4.99 Å². The molecule has 132 valence electrons. The maximum Gasteiger partial charge on any atom is 0.193 e. The third-order valence-corrected chi connectivity index (χ3v) is 3.92. The van der Waals surface area contributed by atoms with Crippen LogP contribution in [0.1, 0.15) is 46.0 Å². The Morgan fingerprint density at radius 1 is 1.21 bits per heavy atom. The second-order valence-electron chi connectivity index (χ2n) is 5.77. The lowest BCUT2D eigenvalue weighted by Crippen LogP contribution is -2.23. The van der Waals surface area contributed by atoms with E-state index in [-0.39, 0.29) is 0 Å². The molecule has 0 heterocycles. The molecule has 24 heavy (non-hydrogen) atoms. The van der Waals surface area contributed by atoms with Gasteiger partial charge < -0.3 is 20.5 Å². The van der Waals surface area contributed by atoms with Crippen molar-refractivity contribution in [2.45, 2.75) is 46.0 Å². The maximum absolute atomic E-state index is 6.03. The second kappa shape index (κ2) is 9.85. The van der Waals surface area contributed by atoms with E-state index < -0.39 is 0 Å². The van der Waals surface area contributed by atoms with Gasteiger partial charge in [0.2, 0.25) is 0 Å². The maximum atomic E-state index is 6.03. The van der Waals surface area contributed by atoms with Gasteiger partial charge in [0.15, 0.2) is 5.96 Å². The lowest BCUT2D eigenvalue weighted by atomic mass is 9.97. The number of hydrogen-bond donors (Lipinski definition) is 2. The Morgan fingerprint density at radius 3 is 2.75 bits per heavy atom. The number of nitrogens with one attached hydrogen (secondary N) is 1. The fourth-order valence-electron chi connectivity index (χ4n) is 2.77. The van der Waals surface area contributed by atoms with Crippen molar-refractivity contribution in [1.29, 1.82) is 0 Å². The van der Waals surface area contributed by atoms with Crippen LogP contribution in [-0.4, -0.2) is 25.7 Å². The second-order valence-corrected chi connectivity index (χ2v) is 5.77. The molecule has 0 bridgehead atoms. The molecule has 1 aromatic rings. The first kappa shape index (κ1) is 18.2. The van der Waals surface area contributed by atoms with E-state index >= 15 is 0 Å². The van der Waals surface area contributed by atoms with Gasteiger partial charge in [-0.25, -0.2) is 0 Å². The van der Waals surface area contributed by atoms with Crippen molar-refractivity contribution in [3.63, 3.8) is 0 Å². The number of ether oxygens (including phenoxy) is 2. The highest BCUT2D eigenvalue weighted by Gasteiger charge is 2.07. The van der Waals surface area contributed by atoms with Crippen LogP contribution in [0.15, 0.2) is 34.8 Å². The summed E-state index contributed by atoms with van der Waals surface area (Å²) in [6.45, 7) is 5.83. The summed E-state index contributed by atoms with van der Waals surface area (Å²) in [5, 5.41) is 3.14. The van der Waals surface area contributed by atoms with E-state index in [4.69, 9.17) is 15.2 Å². The largest absolute Gasteiger partial charge is 0.494 e. The summed E-state index contributed by atoms with van der Waals surface area (Å²) in [5.41, 5.74) is 8.32. The van der Waals surface area contributed by atoms with Crippen molar-refractivity contribution >= 4 is 11.6 Å². The van der Waals surface area contributed by atoms with Crippen LogP contribution >= 0.6 is 0 Å². The summed E-state index contributed by atoms with van der Waals surface area (Å²) in [5.74, 6) is 1.93. The molecule has 0 radical (unpaired) electrons. The molecule has 5 heteroatoms. The Hall–Kier alpha value is -2.17. The van der Waals surface area contributed by atoms with Crippen molar-refractivity contribution in [2.24, 2.45) is 10.7 Å². The lowest BCUT2D eigenvalue weighted by molar-refractivity contribution is 0.332. The van der Waals surface area contributed by atoms with Crippen LogP contribution < -0.4 is 20.5 Å². The molecule has 3 N–H and O–H groups in total. The van der Waals surface area contributed by atoms with E-state index in [2.05, 4.69) is 16.4 Å². The molecule has 2 rings (SSSR count). The van der Waals surface area contributed by atoms with Crippen LogP contribution in [0.25, 0.3) is 0 Å². The van der Waals surface area contributed by atoms with Gasteiger partial charge in [-0.1, -0.05) is 11.6 Å². The molecule has 0 unspecified atom stereocenters. The summed E-state index contributed by atoms with van der Waals surface area (Å²) in [7, 11) is 0. The number of hydrogen-bond acceptors (Lipinski definition) is 3. The fraction of sp³-hybridized carbons (Fsp3) is 0.526. The van der Waals surface area contributed by atoms with Gasteiger partial charge in [-0.05, 0) is 58.1 Å². The first-order chi connectivity index (χ1) is 11.7. The standard InChI is InChI=1S/C19H29N3O2/c1-3-23-16-10-11-18(24-4-2)17(14-16)22-19(20)21-13-12-15-8-6-5-7-9-15/h8,10-11,14H,3-7,9,12-13H2,1-2H3,(H3,20,21,22). The minimum Gasteiger partial charge on any atom is -0.494 e. The minimum absolute atomic E-state index is 0.404. The first-order valence-electron chi connectivity index (χ1n) is 8.87. The Balaban J connectivity index is 1.97. The SMILES string of the molecule is CCOc1ccc(OCC)c(NC(N)=NCCC2=CCCCC2)c1. The van der Waals surface area contributed by atoms with Gasteiger partial charge in [0, 0.05) is 12.6 Å². The molecule has 0 atom stereocenters. The van der Waals surface area contributed by atoms with Crippen LogP contribution in [0.3, 0.4) is 0 Å². The molecular formula is C19H29N3O2. The lowest BCUT2D eigenvalue weighted by Gasteiger charge is -2.14. The molecule has 0 fully saturated rings. The van der Waals surface area contributed by atoms with Gasteiger partial charge in [0.1, 0.15) is 11.5 Å². The highest BCUT2D eigenvalue weighted by atomic mass is 16.5. The van der Waals surface area contributed by atoms with Crippen molar-refractivity contribution < 1.29 is 9.47 Å². The van der Waals surface area contributed by atoms with Crippen LogP contribution in [0.2, 0.25) is 0 Å². The number of aliphatic imine (C=N–C) groups is 1. The predicted molar refractivity (Wildman–Crippen MR) is 100 cm³/mol. The van der Waals surface area contributed by atoms with E-state index in [1.165, 1.54) is 31.3 Å². The molecule has 1 aliphatic rings.